The normalized spacial score (nSPS) is 14.6. The Balaban J connectivity index is 1.53. The van der Waals surface area contributed by atoms with Gasteiger partial charge in [-0.25, -0.2) is 9.97 Å². The maximum atomic E-state index is 13.7. The predicted octanol–water partition coefficient (Wildman–Crippen LogP) is 3.90. The Bertz CT molecular complexity index is 1210. The summed E-state index contributed by atoms with van der Waals surface area (Å²) < 4.78 is 18.4. The zero-order chi connectivity index (χ0) is 22.8. The molecule has 33 heavy (non-hydrogen) atoms. The van der Waals surface area contributed by atoms with E-state index in [1.165, 1.54) is 22.7 Å². The van der Waals surface area contributed by atoms with Crippen molar-refractivity contribution in [2.45, 2.75) is 0 Å². The van der Waals surface area contributed by atoms with Crippen molar-refractivity contribution in [2.24, 2.45) is 0 Å². The summed E-state index contributed by atoms with van der Waals surface area (Å²) in [5.74, 6) is 1.20. The number of para-hydroxylation sites is 1. The van der Waals surface area contributed by atoms with E-state index in [4.69, 9.17) is 19.2 Å². The summed E-state index contributed by atoms with van der Waals surface area (Å²) in [7, 11) is 3.24. The molecule has 1 amide bonds. The van der Waals surface area contributed by atoms with Gasteiger partial charge in [-0.1, -0.05) is 23.5 Å². The van der Waals surface area contributed by atoms with Crippen LogP contribution in [0.15, 0.2) is 36.4 Å². The second-order valence-corrected chi connectivity index (χ2v) is 9.55. The average Bonchev–Trinajstić information content (AvgIpc) is 3.49. The SMILES string of the molecule is COc1ccc(OC)c2sc(N(CCN3CCOCC3)C(=O)c3nc4ccccc4s3)nc12. The number of ether oxygens (including phenoxy) is 3. The van der Waals surface area contributed by atoms with Crippen LogP contribution >= 0.6 is 22.7 Å². The highest BCUT2D eigenvalue weighted by atomic mass is 32.1. The monoisotopic (exact) mass is 484 g/mol. The largest absolute Gasteiger partial charge is 0.495 e. The van der Waals surface area contributed by atoms with E-state index < -0.39 is 0 Å². The highest BCUT2D eigenvalue weighted by molar-refractivity contribution is 7.23. The highest BCUT2D eigenvalue weighted by Gasteiger charge is 2.26. The van der Waals surface area contributed by atoms with Crippen LogP contribution in [-0.2, 0) is 4.74 Å². The maximum absolute atomic E-state index is 13.7. The fraction of sp³-hybridized carbons (Fsp3) is 0.348. The molecule has 0 bridgehead atoms. The van der Waals surface area contributed by atoms with Crippen LogP contribution in [0.2, 0.25) is 0 Å². The Morgan fingerprint density at radius 3 is 2.58 bits per heavy atom. The molecular formula is C23H24N4O4S2. The van der Waals surface area contributed by atoms with E-state index in [2.05, 4.69) is 9.88 Å². The summed E-state index contributed by atoms with van der Waals surface area (Å²) in [5.41, 5.74) is 1.51. The van der Waals surface area contributed by atoms with Crippen LogP contribution < -0.4 is 14.4 Å². The van der Waals surface area contributed by atoms with E-state index >= 15 is 0 Å². The van der Waals surface area contributed by atoms with Crippen molar-refractivity contribution in [2.75, 3.05) is 58.5 Å². The number of fused-ring (bicyclic) bond motifs is 2. The molecule has 0 radical (unpaired) electrons. The van der Waals surface area contributed by atoms with Crippen molar-refractivity contribution in [1.82, 2.24) is 14.9 Å². The van der Waals surface area contributed by atoms with Crippen LogP contribution in [0.3, 0.4) is 0 Å². The zero-order valence-corrected chi connectivity index (χ0v) is 20.1. The number of anilines is 1. The molecule has 8 nitrogen and oxygen atoms in total. The van der Waals surface area contributed by atoms with Crippen LogP contribution in [-0.4, -0.2) is 74.4 Å². The van der Waals surface area contributed by atoms with E-state index in [9.17, 15) is 4.79 Å². The molecule has 0 atom stereocenters. The van der Waals surface area contributed by atoms with Gasteiger partial charge in [0.25, 0.3) is 5.91 Å². The quantitative estimate of drug-likeness (QED) is 0.394. The molecule has 0 unspecified atom stereocenters. The molecule has 10 heteroatoms. The van der Waals surface area contributed by atoms with E-state index in [0.29, 0.717) is 46.9 Å². The van der Waals surface area contributed by atoms with E-state index in [1.54, 1.807) is 19.1 Å². The van der Waals surface area contributed by atoms with Crippen LogP contribution in [0.1, 0.15) is 9.80 Å². The van der Waals surface area contributed by atoms with Gasteiger partial charge in [0.05, 0.1) is 37.6 Å². The molecule has 1 aliphatic rings. The lowest BCUT2D eigenvalue weighted by Gasteiger charge is -2.28. The minimum Gasteiger partial charge on any atom is -0.495 e. The number of carbonyl (C=O) groups excluding carboxylic acids is 1. The fourth-order valence-electron chi connectivity index (χ4n) is 3.82. The Hall–Kier alpha value is -2.79. The molecule has 5 rings (SSSR count). The fourth-order valence-corrected chi connectivity index (χ4v) is 5.83. The number of nitrogens with zero attached hydrogens (tertiary/aromatic N) is 4. The van der Waals surface area contributed by atoms with Gasteiger partial charge in [-0.2, -0.15) is 0 Å². The number of benzene rings is 2. The number of rotatable bonds is 7. The first-order valence-electron chi connectivity index (χ1n) is 10.7. The second-order valence-electron chi connectivity index (χ2n) is 7.54. The smallest absolute Gasteiger partial charge is 0.289 e. The summed E-state index contributed by atoms with van der Waals surface area (Å²) in [6, 6.07) is 11.5. The highest BCUT2D eigenvalue weighted by Crippen LogP contribution is 2.40. The summed E-state index contributed by atoms with van der Waals surface area (Å²) >= 11 is 2.83. The number of methoxy groups -OCH3 is 2. The molecule has 172 valence electrons. The number of hydrogen-bond donors (Lipinski definition) is 0. The molecule has 0 spiro atoms. The molecule has 1 saturated heterocycles. The predicted molar refractivity (Wildman–Crippen MR) is 131 cm³/mol. The van der Waals surface area contributed by atoms with Gasteiger partial charge in [-0.3, -0.25) is 14.6 Å². The number of aromatic nitrogens is 2. The van der Waals surface area contributed by atoms with Crippen molar-refractivity contribution in [1.29, 1.82) is 0 Å². The molecule has 4 aromatic rings. The number of carbonyl (C=O) groups is 1. The Kier molecular flexibility index (Phi) is 6.41. The van der Waals surface area contributed by atoms with Gasteiger partial charge >= 0.3 is 0 Å². The Morgan fingerprint density at radius 1 is 1.06 bits per heavy atom. The Labute approximate surface area is 199 Å². The summed E-state index contributed by atoms with van der Waals surface area (Å²) in [5, 5.41) is 1.06. The minimum atomic E-state index is -0.151. The number of amides is 1. The van der Waals surface area contributed by atoms with Crippen LogP contribution in [0, 0.1) is 0 Å². The van der Waals surface area contributed by atoms with Gasteiger partial charge < -0.3 is 14.2 Å². The molecular weight excluding hydrogens is 460 g/mol. The van der Waals surface area contributed by atoms with Crippen molar-refractivity contribution in [3.8, 4) is 11.5 Å². The summed E-state index contributed by atoms with van der Waals surface area (Å²) in [6.45, 7) is 4.35. The molecule has 2 aromatic carbocycles. The first-order chi connectivity index (χ1) is 16.2. The third-order valence-corrected chi connectivity index (χ3v) is 7.71. The van der Waals surface area contributed by atoms with Gasteiger partial charge in [0.15, 0.2) is 10.1 Å². The molecule has 3 heterocycles. The minimum absolute atomic E-state index is 0.151. The second kappa shape index (κ2) is 9.60. The molecule has 0 aliphatic carbocycles. The van der Waals surface area contributed by atoms with Crippen molar-refractivity contribution < 1.29 is 19.0 Å². The third kappa shape index (κ3) is 4.39. The van der Waals surface area contributed by atoms with Crippen molar-refractivity contribution >= 4 is 54.1 Å². The maximum Gasteiger partial charge on any atom is 0.289 e. The Morgan fingerprint density at radius 2 is 1.82 bits per heavy atom. The van der Waals surface area contributed by atoms with Gasteiger partial charge in [0.2, 0.25) is 0 Å². The van der Waals surface area contributed by atoms with E-state index in [0.717, 1.165) is 34.6 Å². The number of thiazole rings is 2. The van der Waals surface area contributed by atoms with E-state index in [1.807, 2.05) is 36.4 Å². The molecule has 2 aromatic heterocycles. The molecule has 0 saturated carbocycles. The first-order valence-corrected chi connectivity index (χ1v) is 12.3. The van der Waals surface area contributed by atoms with Gasteiger partial charge in [-0.05, 0) is 24.3 Å². The van der Waals surface area contributed by atoms with Crippen LogP contribution in [0.4, 0.5) is 5.13 Å². The van der Waals surface area contributed by atoms with Gasteiger partial charge in [0.1, 0.15) is 21.7 Å². The summed E-state index contributed by atoms with van der Waals surface area (Å²) in [6.07, 6.45) is 0. The van der Waals surface area contributed by atoms with Gasteiger partial charge in [0, 0.05) is 26.2 Å². The third-order valence-electron chi connectivity index (χ3n) is 5.60. The molecule has 0 N–H and O–H groups in total. The standard InChI is InChI=1S/C23H24N4O4S2/c1-29-16-7-8-17(30-2)20-19(16)25-23(33-20)27(10-9-26-11-13-31-14-12-26)22(28)21-24-15-5-3-4-6-18(15)32-21/h3-8H,9-14H2,1-2H3. The number of morpholine rings is 1. The van der Waals surface area contributed by atoms with Crippen LogP contribution in [0.25, 0.3) is 20.4 Å². The van der Waals surface area contributed by atoms with Gasteiger partial charge in [-0.15, -0.1) is 11.3 Å². The molecule has 1 aliphatic heterocycles. The average molecular weight is 485 g/mol. The number of hydrogen-bond acceptors (Lipinski definition) is 9. The lowest BCUT2D eigenvalue weighted by molar-refractivity contribution is 0.0391. The lowest BCUT2D eigenvalue weighted by atomic mass is 10.3. The van der Waals surface area contributed by atoms with Crippen molar-refractivity contribution in [3.05, 3.63) is 41.4 Å². The van der Waals surface area contributed by atoms with Crippen LogP contribution in [0.5, 0.6) is 11.5 Å². The first kappa shape index (κ1) is 22.0. The topological polar surface area (TPSA) is 77.0 Å². The lowest BCUT2D eigenvalue weighted by Crippen LogP contribution is -2.43. The molecule has 1 fully saturated rings. The zero-order valence-electron chi connectivity index (χ0n) is 18.4. The summed E-state index contributed by atoms with van der Waals surface area (Å²) in [4.78, 5) is 27.1. The van der Waals surface area contributed by atoms with E-state index in [-0.39, 0.29) is 5.91 Å². The van der Waals surface area contributed by atoms with Crippen molar-refractivity contribution in [3.63, 3.8) is 0 Å².